The molecule has 0 unspecified atom stereocenters. The van der Waals surface area contributed by atoms with Crippen LogP contribution in [0.15, 0.2) is 33.4 Å². The summed E-state index contributed by atoms with van der Waals surface area (Å²) < 4.78 is 14.5. The summed E-state index contributed by atoms with van der Waals surface area (Å²) in [5, 5.41) is 7.56. The van der Waals surface area contributed by atoms with Gasteiger partial charge in [0.25, 0.3) is 0 Å². The first-order valence-corrected chi connectivity index (χ1v) is 7.71. The summed E-state index contributed by atoms with van der Waals surface area (Å²) in [4.78, 5) is 0. The third kappa shape index (κ3) is 2.66. The smallest absolute Gasteiger partial charge is 0.123 e. The Bertz CT molecular complexity index is 563. The van der Waals surface area contributed by atoms with Crippen LogP contribution in [0.5, 0.6) is 0 Å². The molecular weight excluding hydrogens is 313 g/mol. The van der Waals surface area contributed by atoms with Crippen molar-refractivity contribution < 1.29 is 4.39 Å². The quantitative estimate of drug-likeness (QED) is 0.868. The number of benzene rings is 1. The molecule has 18 heavy (non-hydrogen) atoms. The zero-order valence-electron chi connectivity index (χ0n) is 9.75. The van der Waals surface area contributed by atoms with E-state index >= 15 is 0 Å². The average molecular weight is 326 g/mol. The highest BCUT2D eigenvalue weighted by Gasteiger charge is 2.21. The Balaban J connectivity index is 1.94. The molecule has 4 heteroatoms. The molecule has 0 radical (unpaired) electrons. The van der Waals surface area contributed by atoms with E-state index in [1.165, 1.54) is 18.9 Å². The van der Waals surface area contributed by atoms with Crippen LogP contribution < -0.4 is 5.32 Å². The minimum absolute atomic E-state index is 0.182. The molecule has 2 aromatic rings. The van der Waals surface area contributed by atoms with Gasteiger partial charge in [0.05, 0.1) is 0 Å². The van der Waals surface area contributed by atoms with E-state index in [2.05, 4.69) is 26.6 Å². The van der Waals surface area contributed by atoms with Crippen molar-refractivity contribution in [3.63, 3.8) is 0 Å². The zero-order valence-corrected chi connectivity index (χ0v) is 12.2. The average Bonchev–Trinajstić information content (AvgIpc) is 3.09. The summed E-state index contributed by atoms with van der Waals surface area (Å²) in [5.41, 5.74) is 3.21. The van der Waals surface area contributed by atoms with E-state index in [0.29, 0.717) is 6.04 Å². The predicted molar refractivity (Wildman–Crippen MR) is 77.3 cm³/mol. The van der Waals surface area contributed by atoms with Gasteiger partial charge in [-0.1, -0.05) is 6.07 Å². The van der Waals surface area contributed by atoms with Crippen LogP contribution >= 0.6 is 27.3 Å². The van der Waals surface area contributed by atoms with Crippen LogP contribution in [-0.2, 0) is 6.54 Å². The molecule has 0 atom stereocenters. The summed E-state index contributed by atoms with van der Waals surface area (Å²) in [5.74, 6) is -0.182. The van der Waals surface area contributed by atoms with Crippen molar-refractivity contribution in [2.24, 2.45) is 0 Å². The van der Waals surface area contributed by atoms with Crippen molar-refractivity contribution in [1.29, 1.82) is 0 Å². The van der Waals surface area contributed by atoms with Crippen LogP contribution in [0.4, 0.5) is 4.39 Å². The Morgan fingerprint density at radius 3 is 2.78 bits per heavy atom. The minimum Gasteiger partial charge on any atom is -0.310 e. The number of thiophene rings is 1. The lowest BCUT2D eigenvalue weighted by molar-refractivity contribution is 0.625. The van der Waals surface area contributed by atoms with Gasteiger partial charge in [0.1, 0.15) is 5.82 Å². The molecule has 1 heterocycles. The molecule has 1 nitrogen and oxygen atoms in total. The first-order valence-electron chi connectivity index (χ1n) is 5.98. The Morgan fingerprint density at radius 1 is 1.28 bits per heavy atom. The molecule has 0 bridgehead atoms. The summed E-state index contributed by atoms with van der Waals surface area (Å²) in [6.45, 7) is 0.808. The largest absolute Gasteiger partial charge is 0.310 e. The Hall–Kier alpha value is -0.710. The molecule has 0 amide bonds. The number of nitrogens with one attached hydrogen (secondary N) is 1. The molecule has 1 aromatic carbocycles. The van der Waals surface area contributed by atoms with Crippen LogP contribution in [0.25, 0.3) is 11.1 Å². The van der Waals surface area contributed by atoms with E-state index in [1.807, 2.05) is 11.4 Å². The summed E-state index contributed by atoms with van der Waals surface area (Å²) in [6.07, 6.45) is 2.53. The lowest BCUT2D eigenvalue weighted by Crippen LogP contribution is -2.15. The number of hydrogen-bond donors (Lipinski definition) is 1. The van der Waals surface area contributed by atoms with Gasteiger partial charge in [-0.15, -0.1) is 0 Å². The van der Waals surface area contributed by atoms with E-state index in [0.717, 1.165) is 27.7 Å². The van der Waals surface area contributed by atoms with Crippen molar-refractivity contribution >= 4 is 27.3 Å². The first-order chi connectivity index (χ1) is 8.74. The van der Waals surface area contributed by atoms with Crippen LogP contribution in [-0.4, -0.2) is 6.04 Å². The van der Waals surface area contributed by atoms with E-state index < -0.39 is 0 Å². The summed E-state index contributed by atoms with van der Waals surface area (Å²) in [7, 11) is 0. The second-order valence-electron chi connectivity index (χ2n) is 4.59. The molecule has 1 aliphatic carbocycles. The van der Waals surface area contributed by atoms with E-state index in [4.69, 9.17) is 0 Å². The molecule has 1 N–H and O–H groups in total. The fraction of sp³-hybridized carbons (Fsp3) is 0.286. The van der Waals surface area contributed by atoms with Crippen LogP contribution in [0, 0.1) is 5.82 Å². The lowest BCUT2D eigenvalue weighted by Gasteiger charge is -2.10. The van der Waals surface area contributed by atoms with Gasteiger partial charge < -0.3 is 5.32 Å². The van der Waals surface area contributed by atoms with Crippen molar-refractivity contribution in [2.45, 2.75) is 25.4 Å². The van der Waals surface area contributed by atoms with Crippen molar-refractivity contribution in [3.8, 4) is 11.1 Å². The van der Waals surface area contributed by atoms with Gasteiger partial charge in [0, 0.05) is 28.0 Å². The highest BCUT2D eigenvalue weighted by molar-refractivity contribution is 9.10. The second-order valence-corrected chi connectivity index (χ2v) is 6.19. The van der Waals surface area contributed by atoms with E-state index in [-0.39, 0.29) is 5.82 Å². The highest BCUT2D eigenvalue weighted by atomic mass is 79.9. The maximum Gasteiger partial charge on any atom is 0.123 e. The molecule has 0 spiro atoms. The first kappa shape index (κ1) is 12.3. The zero-order chi connectivity index (χ0) is 12.5. The molecule has 1 fully saturated rings. The van der Waals surface area contributed by atoms with E-state index in [1.54, 1.807) is 17.4 Å². The number of rotatable bonds is 4. The molecular formula is C14H13BrFNS. The topological polar surface area (TPSA) is 12.0 Å². The van der Waals surface area contributed by atoms with Crippen LogP contribution in [0.1, 0.15) is 18.4 Å². The van der Waals surface area contributed by atoms with Gasteiger partial charge in [-0.2, -0.15) is 11.3 Å². The predicted octanol–water partition coefficient (Wildman–Crippen LogP) is 4.57. The van der Waals surface area contributed by atoms with Gasteiger partial charge in [0.15, 0.2) is 0 Å². The fourth-order valence-corrected chi connectivity index (χ4v) is 3.48. The molecule has 1 saturated carbocycles. The monoisotopic (exact) mass is 325 g/mol. The van der Waals surface area contributed by atoms with Gasteiger partial charge in [-0.05, 0) is 57.4 Å². The van der Waals surface area contributed by atoms with Gasteiger partial charge in [-0.3, -0.25) is 0 Å². The Kier molecular flexibility index (Phi) is 3.50. The van der Waals surface area contributed by atoms with Crippen LogP contribution in [0.3, 0.4) is 0 Å². The standard InChI is InChI=1S/C14H13BrFNS/c15-14-8-18-7-13(14)12-5-10(16)2-1-9(12)6-17-11-3-4-11/h1-2,5,7-8,11,17H,3-4,6H2. The van der Waals surface area contributed by atoms with Gasteiger partial charge in [-0.25, -0.2) is 4.39 Å². The normalized spacial score (nSPS) is 15.0. The van der Waals surface area contributed by atoms with Gasteiger partial charge >= 0.3 is 0 Å². The molecule has 1 aliphatic rings. The molecule has 1 aromatic heterocycles. The third-order valence-corrected chi connectivity index (χ3v) is 4.84. The summed E-state index contributed by atoms with van der Waals surface area (Å²) >= 11 is 5.14. The summed E-state index contributed by atoms with van der Waals surface area (Å²) in [6, 6.07) is 5.70. The maximum absolute atomic E-state index is 13.4. The van der Waals surface area contributed by atoms with Crippen LogP contribution in [0.2, 0.25) is 0 Å². The third-order valence-electron chi connectivity index (χ3n) is 3.14. The minimum atomic E-state index is -0.182. The highest BCUT2D eigenvalue weighted by Crippen LogP contribution is 2.34. The number of halogens is 2. The number of hydrogen-bond acceptors (Lipinski definition) is 2. The molecule has 94 valence electrons. The maximum atomic E-state index is 13.4. The van der Waals surface area contributed by atoms with Crippen molar-refractivity contribution in [2.75, 3.05) is 0 Å². The molecule has 3 rings (SSSR count). The second kappa shape index (κ2) is 5.11. The van der Waals surface area contributed by atoms with E-state index in [9.17, 15) is 4.39 Å². The Morgan fingerprint density at radius 2 is 2.11 bits per heavy atom. The molecule has 0 saturated heterocycles. The SMILES string of the molecule is Fc1ccc(CNC2CC2)c(-c2cscc2Br)c1. The van der Waals surface area contributed by atoms with Crippen molar-refractivity contribution in [1.82, 2.24) is 5.32 Å². The lowest BCUT2D eigenvalue weighted by atomic mass is 10.0. The van der Waals surface area contributed by atoms with Crippen molar-refractivity contribution in [3.05, 3.63) is 44.8 Å². The van der Waals surface area contributed by atoms with Gasteiger partial charge in [0.2, 0.25) is 0 Å². The molecule has 0 aliphatic heterocycles. The fourth-order valence-electron chi connectivity index (χ4n) is 1.97. The Labute approximate surface area is 118 Å².